The molecule has 0 spiro atoms. The van der Waals surface area contributed by atoms with Gasteiger partial charge in [0.05, 0.1) is 0 Å². The highest BCUT2D eigenvalue weighted by Gasteiger charge is 2.00. The molecule has 0 saturated heterocycles. The Balaban J connectivity index is 2.86. The molecule has 1 N–H and O–H groups in total. The minimum atomic E-state index is -1.08. The lowest BCUT2D eigenvalue weighted by Gasteiger charge is -2.06. The number of rotatable bonds is 5. The fourth-order valence-electron chi connectivity index (χ4n) is 1.14. The first kappa shape index (κ1) is 13.0. The maximum absolute atomic E-state index is 13.2. The van der Waals surface area contributed by atoms with Crippen molar-refractivity contribution in [3.05, 3.63) is 47.8 Å². The predicted molar refractivity (Wildman–Crippen MR) is 63.4 cm³/mol. The summed E-state index contributed by atoms with van der Waals surface area (Å²) in [5.74, 6) is -1.22. The summed E-state index contributed by atoms with van der Waals surface area (Å²) in [6.07, 6.45) is 2.25. The van der Waals surface area contributed by atoms with E-state index in [4.69, 9.17) is 9.84 Å². The maximum Gasteiger partial charge on any atom is 0.328 e. The second kappa shape index (κ2) is 5.84. The lowest BCUT2D eigenvalue weighted by Crippen LogP contribution is -1.98. The number of aliphatic carboxylic acids is 1. The van der Waals surface area contributed by atoms with Gasteiger partial charge in [-0.1, -0.05) is 6.58 Å². The van der Waals surface area contributed by atoms with Crippen molar-refractivity contribution in [1.29, 1.82) is 0 Å². The predicted octanol–water partition coefficient (Wildman–Crippen LogP) is 2.88. The summed E-state index contributed by atoms with van der Waals surface area (Å²) in [4.78, 5) is 10.3. The number of hydrogen-bond donors (Lipinski definition) is 1. The standard InChI is InChI=1S/C13H13FO3/c1-9(2)8-17-12-6-10(3-4-13(15)16)5-11(14)7-12/h3-7H,1,8H2,2H3,(H,15,16)/b4-3+. The zero-order chi connectivity index (χ0) is 12.8. The second-order valence-electron chi connectivity index (χ2n) is 3.64. The molecule has 0 atom stereocenters. The normalized spacial score (nSPS) is 10.5. The highest BCUT2D eigenvalue weighted by atomic mass is 19.1. The largest absolute Gasteiger partial charge is 0.489 e. The molecule has 1 rings (SSSR count). The van der Waals surface area contributed by atoms with Crippen LogP contribution in [0.2, 0.25) is 0 Å². The van der Waals surface area contributed by atoms with Crippen molar-refractivity contribution in [2.24, 2.45) is 0 Å². The molecule has 0 aliphatic carbocycles. The van der Waals surface area contributed by atoms with E-state index in [1.165, 1.54) is 18.2 Å². The van der Waals surface area contributed by atoms with Crippen molar-refractivity contribution in [3.63, 3.8) is 0 Å². The van der Waals surface area contributed by atoms with Crippen LogP contribution in [-0.2, 0) is 4.79 Å². The van der Waals surface area contributed by atoms with E-state index in [1.54, 1.807) is 13.0 Å². The summed E-state index contributed by atoms with van der Waals surface area (Å²) < 4.78 is 18.5. The Labute approximate surface area is 98.8 Å². The van der Waals surface area contributed by atoms with Gasteiger partial charge >= 0.3 is 5.97 Å². The minimum absolute atomic E-state index is 0.297. The lowest BCUT2D eigenvalue weighted by atomic mass is 10.2. The second-order valence-corrected chi connectivity index (χ2v) is 3.64. The van der Waals surface area contributed by atoms with Crippen LogP contribution in [0.15, 0.2) is 36.4 Å². The summed E-state index contributed by atoms with van der Waals surface area (Å²) in [5, 5.41) is 8.47. The van der Waals surface area contributed by atoms with Crippen LogP contribution in [0.5, 0.6) is 5.75 Å². The van der Waals surface area contributed by atoms with Gasteiger partial charge in [0, 0.05) is 12.1 Å². The Morgan fingerprint density at radius 1 is 1.53 bits per heavy atom. The van der Waals surface area contributed by atoms with Crippen molar-refractivity contribution in [1.82, 2.24) is 0 Å². The number of halogens is 1. The molecule has 0 unspecified atom stereocenters. The van der Waals surface area contributed by atoms with Crippen molar-refractivity contribution < 1.29 is 19.0 Å². The zero-order valence-electron chi connectivity index (χ0n) is 9.44. The molecule has 0 saturated carbocycles. The van der Waals surface area contributed by atoms with Crippen LogP contribution in [0.3, 0.4) is 0 Å². The van der Waals surface area contributed by atoms with E-state index in [0.29, 0.717) is 17.9 Å². The van der Waals surface area contributed by atoms with Gasteiger partial charge in [-0.25, -0.2) is 9.18 Å². The molecule has 90 valence electrons. The van der Waals surface area contributed by atoms with Gasteiger partial charge in [-0.2, -0.15) is 0 Å². The van der Waals surface area contributed by atoms with Crippen molar-refractivity contribution in [2.45, 2.75) is 6.92 Å². The topological polar surface area (TPSA) is 46.5 Å². The average Bonchev–Trinajstić information content (AvgIpc) is 2.23. The van der Waals surface area contributed by atoms with Gasteiger partial charge in [0.1, 0.15) is 18.2 Å². The molecule has 0 aliphatic rings. The summed E-state index contributed by atoms with van der Waals surface area (Å²) in [5.41, 5.74) is 1.25. The molecule has 4 heteroatoms. The van der Waals surface area contributed by atoms with Gasteiger partial charge in [0.25, 0.3) is 0 Å². The molecule has 17 heavy (non-hydrogen) atoms. The van der Waals surface area contributed by atoms with Crippen molar-refractivity contribution in [2.75, 3.05) is 6.61 Å². The number of benzene rings is 1. The van der Waals surface area contributed by atoms with Gasteiger partial charge in [-0.3, -0.25) is 0 Å². The van der Waals surface area contributed by atoms with E-state index in [9.17, 15) is 9.18 Å². The molecular weight excluding hydrogens is 223 g/mol. The lowest BCUT2D eigenvalue weighted by molar-refractivity contribution is -0.131. The Morgan fingerprint density at radius 3 is 2.82 bits per heavy atom. The van der Waals surface area contributed by atoms with Crippen LogP contribution in [0.4, 0.5) is 4.39 Å². The van der Waals surface area contributed by atoms with E-state index in [1.807, 2.05) is 0 Å². The van der Waals surface area contributed by atoms with Crippen LogP contribution >= 0.6 is 0 Å². The zero-order valence-corrected chi connectivity index (χ0v) is 9.44. The summed E-state index contributed by atoms with van der Waals surface area (Å²) >= 11 is 0. The van der Waals surface area contributed by atoms with Gasteiger partial charge in [-0.15, -0.1) is 0 Å². The minimum Gasteiger partial charge on any atom is -0.489 e. The number of ether oxygens (including phenoxy) is 1. The summed E-state index contributed by atoms with van der Waals surface area (Å²) in [6, 6.07) is 4.03. The molecule has 0 aliphatic heterocycles. The van der Waals surface area contributed by atoms with Crippen LogP contribution in [-0.4, -0.2) is 17.7 Å². The van der Waals surface area contributed by atoms with E-state index in [2.05, 4.69) is 6.58 Å². The number of carboxylic acids is 1. The average molecular weight is 236 g/mol. The molecule has 0 heterocycles. The third-order valence-electron chi connectivity index (χ3n) is 1.80. The van der Waals surface area contributed by atoms with Crippen LogP contribution in [0.25, 0.3) is 6.08 Å². The Morgan fingerprint density at radius 2 is 2.24 bits per heavy atom. The molecule has 0 bridgehead atoms. The molecule has 0 amide bonds. The maximum atomic E-state index is 13.2. The third-order valence-corrected chi connectivity index (χ3v) is 1.80. The Hall–Kier alpha value is -2.10. The first-order valence-electron chi connectivity index (χ1n) is 4.96. The van der Waals surface area contributed by atoms with Crippen LogP contribution in [0, 0.1) is 5.82 Å². The fourth-order valence-corrected chi connectivity index (χ4v) is 1.14. The van der Waals surface area contributed by atoms with E-state index in [0.717, 1.165) is 11.6 Å². The molecule has 0 fully saturated rings. The van der Waals surface area contributed by atoms with Crippen molar-refractivity contribution >= 4 is 12.0 Å². The highest BCUT2D eigenvalue weighted by Crippen LogP contribution is 2.18. The molecule has 0 radical (unpaired) electrons. The highest BCUT2D eigenvalue weighted by molar-refractivity contribution is 5.85. The van der Waals surface area contributed by atoms with Gasteiger partial charge in [0.15, 0.2) is 0 Å². The van der Waals surface area contributed by atoms with E-state index < -0.39 is 11.8 Å². The Bertz CT molecular complexity index is 464. The van der Waals surface area contributed by atoms with Gasteiger partial charge in [-0.05, 0) is 36.3 Å². The SMILES string of the molecule is C=C(C)COc1cc(F)cc(/C=C/C(=O)O)c1. The third kappa shape index (κ3) is 4.97. The molecular formula is C13H13FO3. The van der Waals surface area contributed by atoms with Gasteiger partial charge in [0.2, 0.25) is 0 Å². The molecule has 0 aromatic heterocycles. The molecule has 1 aromatic rings. The van der Waals surface area contributed by atoms with Crippen molar-refractivity contribution in [3.8, 4) is 5.75 Å². The monoisotopic (exact) mass is 236 g/mol. The molecule has 1 aromatic carbocycles. The Kier molecular flexibility index (Phi) is 4.46. The first-order chi connectivity index (χ1) is 7.97. The first-order valence-corrected chi connectivity index (χ1v) is 4.96. The quantitative estimate of drug-likeness (QED) is 0.631. The molecule has 3 nitrogen and oxygen atoms in total. The smallest absolute Gasteiger partial charge is 0.328 e. The fraction of sp³-hybridized carbons (Fsp3) is 0.154. The number of carboxylic acid groups (broad SMARTS) is 1. The summed E-state index contributed by atoms with van der Waals surface area (Å²) in [7, 11) is 0. The van der Waals surface area contributed by atoms with Crippen LogP contribution in [0.1, 0.15) is 12.5 Å². The van der Waals surface area contributed by atoms with Crippen LogP contribution < -0.4 is 4.74 Å². The number of carbonyl (C=O) groups is 1. The van der Waals surface area contributed by atoms with E-state index >= 15 is 0 Å². The summed E-state index contributed by atoms with van der Waals surface area (Å²) in [6.45, 7) is 5.76. The van der Waals surface area contributed by atoms with Gasteiger partial charge < -0.3 is 9.84 Å². The van der Waals surface area contributed by atoms with E-state index in [-0.39, 0.29) is 0 Å². The number of hydrogen-bond acceptors (Lipinski definition) is 2.